The number of alkyl halides is 1. The van der Waals surface area contributed by atoms with Gasteiger partial charge < -0.3 is 0 Å². The number of fused-ring (bicyclic) bond motifs is 1. The average Bonchev–Trinajstić information content (AvgIpc) is 2.47. The van der Waals surface area contributed by atoms with Crippen LogP contribution >= 0.6 is 22.6 Å². The number of imidazole rings is 1. The molecule has 0 aliphatic heterocycles. The molecule has 0 amide bonds. The molecule has 4 heteroatoms. The molecule has 2 heterocycles. The van der Waals surface area contributed by atoms with Crippen molar-refractivity contribution in [1.82, 2.24) is 14.4 Å². The van der Waals surface area contributed by atoms with Gasteiger partial charge in [0.15, 0.2) is 0 Å². The van der Waals surface area contributed by atoms with Crippen molar-refractivity contribution in [2.45, 2.75) is 4.43 Å². The number of hydrogen-bond donors (Lipinski definition) is 0. The lowest BCUT2D eigenvalue weighted by atomic mass is 10.5. The normalized spacial score (nSPS) is 10.6. The summed E-state index contributed by atoms with van der Waals surface area (Å²) in [6.07, 6.45) is 5.58. The van der Waals surface area contributed by atoms with Gasteiger partial charge in [-0.25, -0.2) is 9.97 Å². The van der Waals surface area contributed by atoms with Crippen LogP contribution in [0.3, 0.4) is 0 Å². The molecule has 2 aromatic rings. The van der Waals surface area contributed by atoms with Gasteiger partial charge in [-0.2, -0.15) is 0 Å². The van der Waals surface area contributed by atoms with E-state index in [2.05, 4.69) is 32.6 Å². The van der Waals surface area contributed by atoms with Crippen LogP contribution in [0, 0.1) is 0 Å². The van der Waals surface area contributed by atoms with Crippen LogP contribution in [0.25, 0.3) is 5.78 Å². The van der Waals surface area contributed by atoms with Crippen LogP contribution in [0.5, 0.6) is 0 Å². The van der Waals surface area contributed by atoms with Crippen LogP contribution in [0.1, 0.15) is 5.69 Å². The monoisotopic (exact) mass is 259 g/mol. The molecule has 0 unspecified atom stereocenters. The first kappa shape index (κ1) is 7.02. The molecule has 0 aromatic carbocycles. The molecule has 2 rings (SSSR count). The second kappa shape index (κ2) is 2.77. The molecule has 11 heavy (non-hydrogen) atoms. The quantitative estimate of drug-likeness (QED) is 0.576. The van der Waals surface area contributed by atoms with E-state index < -0.39 is 0 Å². The van der Waals surface area contributed by atoms with Crippen LogP contribution < -0.4 is 0 Å². The van der Waals surface area contributed by atoms with Gasteiger partial charge in [-0.15, -0.1) is 0 Å². The maximum absolute atomic E-state index is 4.14. The van der Waals surface area contributed by atoms with E-state index in [-0.39, 0.29) is 0 Å². The molecule has 0 aliphatic carbocycles. The second-order valence-corrected chi connectivity index (χ2v) is 2.94. The standard InChI is InChI=1S/C7H6IN3/c8-4-6-5-10-7-9-2-1-3-11(6)7/h1-3,5H,4H2. The van der Waals surface area contributed by atoms with E-state index in [1.54, 1.807) is 6.20 Å². The van der Waals surface area contributed by atoms with E-state index >= 15 is 0 Å². The zero-order valence-electron chi connectivity index (χ0n) is 5.74. The summed E-state index contributed by atoms with van der Waals surface area (Å²) in [5, 5.41) is 0. The molecule has 0 fully saturated rings. The first-order valence-electron chi connectivity index (χ1n) is 3.25. The lowest BCUT2D eigenvalue weighted by molar-refractivity contribution is 1.06. The Morgan fingerprint density at radius 1 is 1.45 bits per heavy atom. The first-order chi connectivity index (χ1) is 5.42. The van der Waals surface area contributed by atoms with Gasteiger partial charge in [0, 0.05) is 16.8 Å². The molecule has 0 bridgehead atoms. The highest BCUT2D eigenvalue weighted by Gasteiger charge is 1.99. The fourth-order valence-corrected chi connectivity index (χ4v) is 1.54. The SMILES string of the molecule is ICc1cnc2ncccn12. The second-order valence-electron chi connectivity index (χ2n) is 2.17. The maximum Gasteiger partial charge on any atom is 0.233 e. The van der Waals surface area contributed by atoms with Crippen LogP contribution in [0.15, 0.2) is 24.7 Å². The summed E-state index contributed by atoms with van der Waals surface area (Å²) in [4.78, 5) is 8.23. The van der Waals surface area contributed by atoms with Crippen LogP contribution in [0.2, 0.25) is 0 Å². The highest BCUT2D eigenvalue weighted by molar-refractivity contribution is 14.1. The van der Waals surface area contributed by atoms with Gasteiger partial charge in [-0.05, 0) is 6.07 Å². The summed E-state index contributed by atoms with van der Waals surface area (Å²) < 4.78 is 2.96. The molecule has 2 aromatic heterocycles. The van der Waals surface area contributed by atoms with Crippen molar-refractivity contribution in [3.8, 4) is 0 Å². The van der Waals surface area contributed by atoms with Crippen LogP contribution in [-0.2, 0) is 4.43 Å². The molecule has 0 spiro atoms. The van der Waals surface area contributed by atoms with Crippen molar-refractivity contribution in [3.05, 3.63) is 30.4 Å². The summed E-state index contributed by atoms with van der Waals surface area (Å²) in [6, 6.07) is 1.91. The summed E-state index contributed by atoms with van der Waals surface area (Å²) in [6.45, 7) is 0. The molecule has 3 nitrogen and oxygen atoms in total. The van der Waals surface area contributed by atoms with Gasteiger partial charge in [0.2, 0.25) is 5.78 Å². The highest BCUT2D eigenvalue weighted by Crippen LogP contribution is 2.06. The topological polar surface area (TPSA) is 30.2 Å². The fourth-order valence-electron chi connectivity index (χ4n) is 0.976. The molecule has 0 saturated carbocycles. The summed E-state index contributed by atoms with van der Waals surface area (Å²) in [7, 11) is 0. The van der Waals surface area contributed by atoms with E-state index in [1.807, 2.05) is 22.9 Å². The molecule has 0 N–H and O–H groups in total. The first-order valence-corrected chi connectivity index (χ1v) is 4.77. The number of halogens is 1. The third kappa shape index (κ3) is 1.11. The van der Waals surface area contributed by atoms with E-state index in [1.165, 1.54) is 5.69 Å². The van der Waals surface area contributed by atoms with Crippen molar-refractivity contribution in [3.63, 3.8) is 0 Å². The number of aromatic nitrogens is 3. The van der Waals surface area contributed by atoms with Gasteiger partial charge in [0.05, 0.1) is 11.9 Å². The van der Waals surface area contributed by atoms with E-state index in [9.17, 15) is 0 Å². The lowest BCUT2D eigenvalue weighted by Gasteiger charge is -1.93. The van der Waals surface area contributed by atoms with Crippen molar-refractivity contribution < 1.29 is 0 Å². The van der Waals surface area contributed by atoms with Gasteiger partial charge >= 0.3 is 0 Å². The third-order valence-electron chi connectivity index (χ3n) is 1.50. The van der Waals surface area contributed by atoms with Gasteiger partial charge in [-0.3, -0.25) is 4.40 Å². The Kier molecular flexibility index (Phi) is 1.77. The van der Waals surface area contributed by atoms with Crippen molar-refractivity contribution in [1.29, 1.82) is 0 Å². The third-order valence-corrected chi connectivity index (χ3v) is 2.28. The minimum Gasteiger partial charge on any atom is -0.287 e. The molecule has 0 aliphatic rings. The lowest BCUT2D eigenvalue weighted by Crippen LogP contribution is -1.89. The smallest absolute Gasteiger partial charge is 0.233 e. The highest BCUT2D eigenvalue weighted by atomic mass is 127. The minimum absolute atomic E-state index is 0.777. The summed E-state index contributed by atoms with van der Waals surface area (Å²) in [5.74, 6) is 0.777. The van der Waals surface area contributed by atoms with E-state index in [4.69, 9.17) is 0 Å². The van der Waals surface area contributed by atoms with Crippen molar-refractivity contribution in [2.24, 2.45) is 0 Å². The van der Waals surface area contributed by atoms with Crippen LogP contribution in [-0.4, -0.2) is 14.4 Å². The average molecular weight is 259 g/mol. The Labute approximate surface area is 77.6 Å². The zero-order chi connectivity index (χ0) is 7.68. The Balaban J connectivity index is 2.76. The molecular formula is C7H6IN3. The predicted octanol–water partition coefficient (Wildman–Crippen LogP) is 1.66. The number of hydrogen-bond acceptors (Lipinski definition) is 2. The van der Waals surface area contributed by atoms with Gasteiger partial charge in [0.1, 0.15) is 0 Å². The van der Waals surface area contributed by atoms with Crippen molar-refractivity contribution in [2.75, 3.05) is 0 Å². The van der Waals surface area contributed by atoms with Crippen molar-refractivity contribution >= 4 is 28.4 Å². The van der Waals surface area contributed by atoms with Crippen LogP contribution in [0.4, 0.5) is 0 Å². The Hall–Kier alpha value is -0.650. The Morgan fingerprint density at radius 2 is 2.36 bits per heavy atom. The van der Waals surface area contributed by atoms with Gasteiger partial charge in [-0.1, -0.05) is 22.6 Å². The molecule has 0 atom stereocenters. The Morgan fingerprint density at radius 3 is 3.18 bits per heavy atom. The summed E-state index contributed by atoms with van der Waals surface area (Å²) in [5.41, 5.74) is 1.19. The molecular weight excluding hydrogens is 253 g/mol. The van der Waals surface area contributed by atoms with E-state index in [0.717, 1.165) is 10.2 Å². The molecule has 0 radical (unpaired) electrons. The molecule has 0 saturated heterocycles. The minimum atomic E-state index is 0.777. The zero-order valence-corrected chi connectivity index (χ0v) is 7.89. The number of rotatable bonds is 1. The fraction of sp³-hybridized carbons (Fsp3) is 0.143. The Bertz CT molecular complexity index is 368. The maximum atomic E-state index is 4.14. The molecule has 56 valence electrons. The van der Waals surface area contributed by atoms with E-state index in [0.29, 0.717) is 0 Å². The number of nitrogens with zero attached hydrogens (tertiary/aromatic N) is 3. The largest absolute Gasteiger partial charge is 0.287 e. The summed E-state index contributed by atoms with van der Waals surface area (Å²) >= 11 is 2.31. The van der Waals surface area contributed by atoms with Gasteiger partial charge in [0.25, 0.3) is 0 Å². The predicted molar refractivity (Wildman–Crippen MR) is 50.7 cm³/mol.